The minimum Gasteiger partial charge on any atom is -0.478 e. The quantitative estimate of drug-likeness (QED) is 0.437. The monoisotopic (exact) mass is 531 g/mol. The number of aryl methyl sites for hydroxylation is 3. The van der Waals surface area contributed by atoms with E-state index in [-0.39, 0.29) is 0 Å². The Labute approximate surface area is 227 Å². The van der Waals surface area contributed by atoms with E-state index in [2.05, 4.69) is 47.1 Å². The minimum absolute atomic E-state index is 0.558. The predicted molar refractivity (Wildman–Crippen MR) is 147 cm³/mol. The number of benzene rings is 1. The molecule has 0 bridgehead atoms. The summed E-state index contributed by atoms with van der Waals surface area (Å²) in [5, 5.41) is 16.4. The third-order valence-corrected chi connectivity index (χ3v) is 6.88. The highest BCUT2D eigenvalue weighted by Crippen LogP contribution is 2.38. The molecule has 196 valence electrons. The Morgan fingerprint density at radius 2 is 1.68 bits per heavy atom. The zero-order valence-corrected chi connectivity index (χ0v) is 22.0. The van der Waals surface area contributed by atoms with Crippen molar-refractivity contribution >= 4 is 29.1 Å². The molecule has 1 aromatic carbocycles. The number of likely N-dealkylation sites (tertiary alicyclic amines) is 1. The van der Waals surface area contributed by atoms with E-state index in [0.717, 1.165) is 50.3 Å². The van der Waals surface area contributed by atoms with Gasteiger partial charge in [-0.15, -0.1) is 0 Å². The molecule has 38 heavy (non-hydrogen) atoms. The van der Waals surface area contributed by atoms with Crippen molar-refractivity contribution < 1.29 is 19.8 Å². The summed E-state index contributed by atoms with van der Waals surface area (Å²) in [5.74, 6) is -2.51. The smallest absolute Gasteiger partial charge is 0.328 e. The summed E-state index contributed by atoms with van der Waals surface area (Å²) in [6.45, 7) is 5.21. The first-order chi connectivity index (χ1) is 18.3. The van der Waals surface area contributed by atoms with Gasteiger partial charge in [0, 0.05) is 61.0 Å². The van der Waals surface area contributed by atoms with Gasteiger partial charge in [-0.2, -0.15) is 0 Å². The van der Waals surface area contributed by atoms with Crippen LogP contribution in [0.4, 0.5) is 0 Å². The highest BCUT2D eigenvalue weighted by Gasteiger charge is 2.25. The molecular formula is C30H30ClN3O4. The molecule has 1 aliphatic carbocycles. The topological polar surface area (TPSA) is 104 Å². The van der Waals surface area contributed by atoms with Gasteiger partial charge >= 0.3 is 11.9 Å². The second kappa shape index (κ2) is 12.6. The molecule has 3 aromatic rings. The van der Waals surface area contributed by atoms with Crippen LogP contribution in [0.5, 0.6) is 0 Å². The molecule has 7 nitrogen and oxygen atoms in total. The Kier molecular flexibility index (Phi) is 9.05. The molecule has 0 atom stereocenters. The van der Waals surface area contributed by atoms with Crippen molar-refractivity contribution in [2.45, 2.75) is 39.2 Å². The SMILES string of the molecule is Cc1cncc(CN2CCC(=C3c4ccc(Cl)cc4CCc4cccnc43)CC2)c1.O=C(O)C=CC(=O)O. The van der Waals surface area contributed by atoms with Gasteiger partial charge in [-0.3, -0.25) is 14.9 Å². The number of hydrogen-bond acceptors (Lipinski definition) is 5. The van der Waals surface area contributed by atoms with E-state index in [1.807, 2.05) is 24.7 Å². The van der Waals surface area contributed by atoms with E-state index in [1.165, 1.54) is 44.7 Å². The number of aromatic nitrogens is 2. The zero-order chi connectivity index (χ0) is 27.1. The third kappa shape index (κ3) is 7.15. The summed E-state index contributed by atoms with van der Waals surface area (Å²) in [6, 6.07) is 12.9. The molecule has 0 unspecified atom stereocenters. The van der Waals surface area contributed by atoms with E-state index in [4.69, 9.17) is 26.8 Å². The number of hydrogen-bond donors (Lipinski definition) is 2. The van der Waals surface area contributed by atoms with Gasteiger partial charge < -0.3 is 10.2 Å². The van der Waals surface area contributed by atoms with Crippen LogP contribution >= 0.6 is 11.6 Å². The summed E-state index contributed by atoms with van der Waals surface area (Å²) < 4.78 is 0. The Morgan fingerprint density at radius 1 is 0.974 bits per heavy atom. The van der Waals surface area contributed by atoms with E-state index in [9.17, 15) is 9.59 Å². The molecule has 1 aliphatic heterocycles. The first kappa shape index (κ1) is 27.2. The molecule has 0 saturated carbocycles. The number of aliphatic carboxylic acids is 2. The van der Waals surface area contributed by atoms with Gasteiger partial charge in [0.2, 0.25) is 0 Å². The first-order valence-electron chi connectivity index (χ1n) is 12.5. The molecule has 2 aliphatic rings. The van der Waals surface area contributed by atoms with Crippen molar-refractivity contribution in [3.8, 4) is 0 Å². The second-order valence-electron chi connectivity index (χ2n) is 9.45. The van der Waals surface area contributed by atoms with Crippen molar-refractivity contribution in [3.63, 3.8) is 0 Å². The Hall–Kier alpha value is -3.81. The van der Waals surface area contributed by atoms with Gasteiger partial charge in [0.15, 0.2) is 0 Å². The van der Waals surface area contributed by atoms with E-state index in [0.29, 0.717) is 12.2 Å². The van der Waals surface area contributed by atoms with Gasteiger partial charge in [-0.05, 0) is 78.6 Å². The molecule has 3 heterocycles. The van der Waals surface area contributed by atoms with Crippen molar-refractivity contribution in [1.29, 1.82) is 0 Å². The van der Waals surface area contributed by atoms with Gasteiger partial charge in [0.1, 0.15) is 0 Å². The molecule has 0 spiro atoms. The number of piperidine rings is 1. The van der Waals surface area contributed by atoms with Crippen molar-refractivity contribution in [2.75, 3.05) is 13.1 Å². The molecule has 1 saturated heterocycles. The molecule has 0 radical (unpaired) electrons. The fraction of sp³-hybridized carbons (Fsp3) is 0.267. The normalized spacial score (nSPS) is 15.2. The third-order valence-electron chi connectivity index (χ3n) is 6.65. The number of fused-ring (bicyclic) bond motifs is 2. The van der Waals surface area contributed by atoms with E-state index >= 15 is 0 Å². The molecule has 2 aromatic heterocycles. The largest absolute Gasteiger partial charge is 0.478 e. The summed E-state index contributed by atoms with van der Waals surface area (Å²) in [4.78, 5) is 30.8. The number of carbonyl (C=O) groups is 2. The summed E-state index contributed by atoms with van der Waals surface area (Å²) >= 11 is 6.34. The van der Waals surface area contributed by atoms with E-state index < -0.39 is 11.9 Å². The van der Waals surface area contributed by atoms with Crippen LogP contribution in [0.1, 0.15) is 46.4 Å². The number of pyridine rings is 2. The summed E-state index contributed by atoms with van der Waals surface area (Å²) in [5.41, 5.74) is 10.6. The van der Waals surface area contributed by atoms with Gasteiger partial charge in [0.25, 0.3) is 0 Å². The minimum atomic E-state index is -1.26. The van der Waals surface area contributed by atoms with Crippen LogP contribution in [0.15, 0.2) is 72.7 Å². The highest BCUT2D eigenvalue weighted by atomic mass is 35.5. The fourth-order valence-electron chi connectivity index (χ4n) is 4.97. The van der Waals surface area contributed by atoms with E-state index in [1.54, 1.807) is 0 Å². The Morgan fingerprint density at radius 3 is 2.37 bits per heavy atom. The molecule has 8 heteroatoms. The summed E-state index contributed by atoms with van der Waals surface area (Å²) in [6.07, 6.45) is 11.1. The average molecular weight is 532 g/mol. The number of halogens is 1. The number of nitrogens with zero attached hydrogens (tertiary/aromatic N) is 3. The first-order valence-corrected chi connectivity index (χ1v) is 12.9. The second-order valence-corrected chi connectivity index (χ2v) is 9.88. The standard InChI is InChI=1S/C26H26ClN3.C4H4O4/c1-18-13-19(16-28-15-18)17-30-11-8-20(9-12-30)25-24-7-6-23(27)14-22(24)5-4-21-3-2-10-29-26(21)25;5-3(6)1-2-4(7)8/h2-3,6-7,10,13-16H,4-5,8-9,11-12,17H2,1H3;1-2H,(H,5,6)(H,7,8). The lowest BCUT2D eigenvalue weighted by atomic mass is 9.88. The van der Waals surface area contributed by atoms with Gasteiger partial charge in [-0.1, -0.05) is 35.4 Å². The number of rotatable bonds is 4. The van der Waals surface area contributed by atoms with Crippen LogP contribution in [0.3, 0.4) is 0 Å². The zero-order valence-electron chi connectivity index (χ0n) is 21.2. The van der Waals surface area contributed by atoms with Crippen LogP contribution in [0, 0.1) is 6.92 Å². The van der Waals surface area contributed by atoms with Crippen LogP contribution < -0.4 is 0 Å². The van der Waals surface area contributed by atoms with Crippen LogP contribution in [0.25, 0.3) is 5.57 Å². The lowest BCUT2D eigenvalue weighted by molar-refractivity contribution is -0.134. The van der Waals surface area contributed by atoms with Crippen molar-refractivity contribution in [2.24, 2.45) is 0 Å². The van der Waals surface area contributed by atoms with Crippen LogP contribution in [0.2, 0.25) is 5.02 Å². The van der Waals surface area contributed by atoms with Crippen LogP contribution in [-0.2, 0) is 29.0 Å². The Balaban J connectivity index is 0.000000368. The average Bonchev–Trinajstić information content (AvgIpc) is 3.05. The summed E-state index contributed by atoms with van der Waals surface area (Å²) in [7, 11) is 0. The van der Waals surface area contributed by atoms with Crippen molar-refractivity contribution in [1.82, 2.24) is 14.9 Å². The number of carboxylic acids is 2. The highest BCUT2D eigenvalue weighted by molar-refractivity contribution is 6.30. The maximum absolute atomic E-state index is 9.55. The molecular weight excluding hydrogens is 502 g/mol. The molecule has 1 fully saturated rings. The van der Waals surface area contributed by atoms with Crippen molar-refractivity contribution in [3.05, 3.63) is 111 Å². The molecule has 5 rings (SSSR count). The lowest BCUT2D eigenvalue weighted by Crippen LogP contribution is -2.30. The predicted octanol–water partition coefficient (Wildman–Crippen LogP) is 5.35. The molecule has 2 N–H and O–H groups in total. The maximum atomic E-state index is 9.55. The number of carboxylic acid groups (broad SMARTS) is 2. The maximum Gasteiger partial charge on any atom is 0.328 e. The Bertz CT molecular complexity index is 1370. The van der Waals surface area contributed by atoms with Gasteiger partial charge in [0.05, 0.1) is 5.69 Å². The molecule has 0 amide bonds. The van der Waals surface area contributed by atoms with Crippen LogP contribution in [-0.4, -0.2) is 50.1 Å². The van der Waals surface area contributed by atoms with Gasteiger partial charge in [-0.25, -0.2) is 9.59 Å². The lowest BCUT2D eigenvalue weighted by Gasteiger charge is -2.30. The fourth-order valence-corrected chi connectivity index (χ4v) is 5.16.